The number of para-hydroxylation sites is 1. The van der Waals surface area contributed by atoms with E-state index in [1.807, 2.05) is 37.3 Å². The van der Waals surface area contributed by atoms with Gasteiger partial charge in [0.2, 0.25) is 0 Å². The predicted octanol–water partition coefficient (Wildman–Crippen LogP) is 2.05. The van der Waals surface area contributed by atoms with Crippen LogP contribution >= 0.6 is 0 Å². The molecule has 0 aromatic heterocycles. The van der Waals surface area contributed by atoms with Gasteiger partial charge in [0, 0.05) is 0 Å². The number of nitrogens with zero attached hydrogens (tertiary/aromatic N) is 1. The highest BCUT2D eigenvalue weighted by Gasteiger charge is 2.37. The fourth-order valence-corrected chi connectivity index (χ4v) is 1.80. The van der Waals surface area contributed by atoms with Gasteiger partial charge in [0.1, 0.15) is 5.69 Å². The van der Waals surface area contributed by atoms with Crippen LogP contribution in [0.25, 0.3) is 0 Å². The van der Waals surface area contributed by atoms with Gasteiger partial charge in [-0.1, -0.05) is 31.5 Å². The molecule has 1 atom stereocenters. The maximum Gasteiger partial charge on any atom is 0.528 e. The molecule has 1 unspecified atom stereocenters. The molecular formula is C14H21N2O3+. The van der Waals surface area contributed by atoms with E-state index in [2.05, 4.69) is 0 Å². The third kappa shape index (κ3) is 3.87. The van der Waals surface area contributed by atoms with Crippen LogP contribution in [0.3, 0.4) is 0 Å². The first-order chi connectivity index (χ1) is 9.04. The summed E-state index contributed by atoms with van der Waals surface area (Å²) in [5, 5.41) is 0. The first-order valence-corrected chi connectivity index (χ1v) is 6.41. The van der Waals surface area contributed by atoms with Crippen molar-refractivity contribution in [2.24, 2.45) is 5.73 Å². The van der Waals surface area contributed by atoms with E-state index >= 15 is 0 Å². The number of benzene rings is 1. The molecule has 1 amide bonds. The molecule has 0 aliphatic heterocycles. The number of hydrogen-bond acceptors (Lipinski definition) is 4. The van der Waals surface area contributed by atoms with Gasteiger partial charge >= 0.3 is 12.1 Å². The molecule has 19 heavy (non-hydrogen) atoms. The van der Waals surface area contributed by atoms with Gasteiger partial charge in [-0.2, -0.15) is 9.28 Å². The van der Waals surface area contributed by atoms with Crippen LogP contribution in [0.4, 0.5) is 10.5 Å². The Morgan fingerprint density at radius 3 is 2.42 bits per heavy atom. The molecule has 2 N–H and O–H groups in total. The minimum absolute atomic E-state index is 0.0551. The highest BCUT2D eigenvalue weighted by atomic mass is 16.6. The molecule has 0 bridgehead atoms. The van der Waals surface area contributed by atoms with Crippen LogP contribution in [0.2, 0.25) is 0 Å². The average Bonchev–Trinajstić information content (AvgIpc) is 2.45. The minimum atomic E-state index is -0.707. The summed E-state index contributed by atoms with van der Waals surface area (Å²) in [5.41, 5.74) is 5.97. The zero-order chi connectivity index (χ0) is 14.3. The summed E-state index contributed by atoms with van der Waals surface area (Å²) in [4.78, 5) is 23.4. The number of unbranched alkanes of at least 4 members (excludes halogenated alkanes) is 1. The summed E-state index contributed by atoms with van der Waals surface area (Å²) in [6.07, 6.45) is 1.23. The van der Waals surface area contributed by atoms with Crippen LogP contribution in [0.1, 0.15) is 19.8 Å². The van der Waals surface area contributed by atoms with Crippen LogP contribution in [-0.2, 0) is 9.53 Å². The first kappa shape index (κ1) is 15.3. The predicted molar refractivity (Wildman–Crippen MR) is 74.5 cm³/mol. The third-order valence-electron chi connectivity index (χ3n) is 3.06. The number of hydrogen-bond donors (Lipinski definition) is 1. The SMILES string of the molecule is CCCC[N+](C)(C(=O)OC(=O)CN)c1ccccc1. The average molecular weight is 265 g/mol. The Morgan fingerprint density at radius 2 is 1.89 bits per heavy atom. The van der Waals surface area contributed by atoms with E-state index in [4.69, 9.17) is 10.5 Å². The summed E-state index contributed by atoms with van der Waals surface area (Å²) in [5.74, 6) is -0.707. The van der Waals surface area contributed by atoms with Gasteiger partial charge in [0.25, 0.3) is 0 Å². The smallest absolute Gasteiger partial charge is 0.344 e. The maximum absolute atomic E-state index is 12.2. The molecular weight excluding hydrogens is 244 g/mol. The number of carbonyl (C=O) groups is 2. The van der Waals surface area contributed by atoms with Gasteiger partial charge in [-0.25, -0.2) is 0 Å². The highest BCUT2D eigenvalue weighted by Crippen LogP contribution is 2.23. The normalized spacial score (nSPS) is 13.6. The molecule has 1 rings (SSSR count). The summed E-state index contributed by atoms with van der Waals surface area (Å²) < 4.78 is 4.73. The fraction of sp³-hybridized carbons (Fsp3) is 0.429. The van der Waals surface area contributed by atoms with Crippen molar-refractivity contribution < 1.29 is 14.3 Å². The largest absolute Gasteiger partial charge is 0.528 e. The number of amides is 1. The second kappa shape index (κ2) is 7.01. The quantitative estimate of drug-likeness (QED) is 0.502. The van der Waals surface area contributed by atoms with Crippen molar-refractivity contribution in [3.05, 3.63) is 30.3 Å². The van der Waals surface area contributed by atoms with Crippen molar-refractivity contribution in [2.45, 2.75) is 19.8 Å². The lowest BCUT2D eigenvalue weighted by atomic mass is 10.2. The Hall–Kier alpha value is -1.72. The monoisotopic (exact) mass is 265 g/mol. The van der Waals surface area contributed by atoms with Crippen molar-refractivity contribution >= 4 is 17.7 Å². The van der Waals surface area contributed by atoms with E-state index in [9.17, 15) is 9.59 Å². The topological polar surface area (TPSA) is 69.4 Å². The number of quaternary nitrogens is 1. The first-order valence-electron chi connectivity index (χ1n) is 6.41. The van der Waals surface area contributed by atoms with Crippen molar-refractivity contribution in [1.82, 2.24) is 4.48 Å². The molecule has 104 valence electrons. The van der Waals surface area contributed by atoms with E-state index in [-0.39, 0.29) is 11.0 Å². The molecule has 5 nitrogen and oxygen atoms in total. The molecule has 0 radical (unpaired) electrons. The molecule has 1 aromatic rings. The molecule has 0 saturated heterocycles. The van der Waals surface area contributed by atoms with Crippen molar-refractivity contribution in [3.8, 4) is 0 Å². The van der Waals surface area contributed by atoms with E-state index < -0.39 is 12.1 Å². The Bertz CT molecular complexity index is 434. The number of esters is 1. The summed E-state index contributed by atoms with van der Waals surface area (Å²) in [6, 6.07) is 9.29. The molecule has 0 aliphatic carbocycles. The molecule has 1 aromatic carbocycles. The fourth-order valence-electron chi connectivity index (χ4n) is 1.80. The standard InChI is InChI=1S/C14H21N2O3/c1-3-4-10-16(2,12-8-6-5-7-9-12)14(18)19-13(17)11-15/h5-9H,3-4,10-11,15H2,1-2H3/q+1. The van der Waals surface area contributed by atoms with E-state index in [1.165, 1.54) is 0 Å². The lowest BCUT2D eigenvalue weighted by Crippen LogP contribution is -2.52. The summed E-state index contributed by atoms with van der Waals surface area (Å²) >= 11 is 0. The molecule has 0 heterocycles. The van der Waals surface area contributed by atoms with E-state index in [1.54, 1.807) is 7.05 Å². The molecule has 0 aliphatic rings. The lowest BCUT2D eigenvalue weighted by molar-refractivity contribution is -0.136. The highest BCUT2D eigenvalue weighted by molar-refractivity contribution is 5.91. The molecule has 0 saturated carbocycles. The summed E-state index contributed by atoms with van der Waals surface area (Å²) in [6.45, 7) is 2.33. The molecule has 5 heteroatoms. The van der Waals surface area contributed by atoms with Gasteiger partial charge in [-0.15, -0.1) is 0 Å². The zero-order valence-corrected chi connectivity index (χ0v) is 11.5. The van der Waals surface area contributed by atoms with Crippen LogP contribution < -0.4 is 10.2 Å². The summed E-state index contributed by atoms with van der Waals surface area (Å²) in [7, 11) is 1.75. The van der Waals surface area contributed by atoms with Crippen molar-refractivity contribution in [1.29, 1.82) is 0 Å². The Morgan fingerprint density at radius 1 is 1.26 bits per heavy atom. The third-order valence-corrected chi connectivity index (χ3v) is 3.06. The van der Waals surface area contributed by atoms with Crippen molar-refractivity contribution in [3.63, 3.8) is 0 Å². The maximum atomic E-state index is 12.2. The second-order valence-electron chi connectivity index (χ2n) is 4.55. The molecule has 0 fully saturated rings. The second-order valence-corrected chi connectivity index (χ2v) is 4.55. The van der Waals surface area contributed by atoms with Gasteiger partial charge in [-0.05, 0) is 18.6 Å². The van der Waals surface area contributed by atoms with Crippen LogP contribution in [-0.4, -0.2) is 32.2 Å². The molecule has 0 spiro atoms. The Kier molecular flexibility index (Phi) is 5.66. The van der Waals surface area contributed by atoms with Crippen LogP contribution in [0.15, 0.2) is 30.3 Å². The Balaban J connectivity index is 2.99. The lowest BCUT2D eigenvalue weighted by Gasteiger charge is -2.29. The van der Waals surface area contributed by atoms with E-state index in [0.717, 1.165) is 18.5 Å². The Labute approximate surface area is 113 Å². The number of rotatable bonds is 5. The number of nitrogens with two attached hydrogens (primary N) is 1. The van der Waals surface area contributed by atoms with Crippen molar-refractivity contribution in [2.75, 3.05) is 20.1 Å². The van der Waals surface area contributed by atoms with Gasteiger partial charge in [-0.3, -0.25) is 4.79 Å². The van der Waals surface area contributed by atoms with Crippen LogP contribution in [0.5, 0.6) is 0 Å². The van der Waals surface area contributed by atoms with Crippen LogP contribution in [0, 0.1) is 0 Å². The van der Waals surface area contributed by atoms with Gasteiger partial charge < -0.3 is 10.5 Å². The van der Waals surface area contributed by atoms with E-state index in [0.29, 0.717) is 6.54 Å². The number of ether oxygens (including phenoxy) is 1. The van der Waals surface area contributed by atoms with Gasteiger partial charge in [0.15, 0.2) is 0 Å². The zero-order valence-electron chi connectivity index (χ0n) is 11.5. The number of carbonyl (C=O) groups excluding carboxylic acids is 2. The minimum Gasteiger partial charge on any atom is -0.344 e. The van der Waals surface area contributed by atoms with Gasteiger partial charge in [0.05, 0.1) is 20.1 Å².